The van der Waals surface area contributed by atoms with Crippen LogP contribution in [0.25, 0.3) is 22.4 Å². The lowest BCUT2D eigenvalue weighted by atomic mass is 10.1. The van der Waals surface area contributed by atoms with Gasteiger partial charge in [-0.05, 0) is 58.7 Å². The number of aromatic nitrogens is 6. The number of carbonyl (C=O) groups excluding carboxylic acids is 1. The fourth-order valence-corrected chi connectivity index (χ4v) is 3.63. The summed E-state index contributed by atoms with van der Waals surface area (Å²) in [7, 11) is 0. The Bertz CT molecular complexity index is 1220. The molecule has 0 atom stereocenters. The minimum Gasteiger partial charge on any atom is -0.460 e. The maximum atomic E-state index is 11.8. The van der Waals surface area contributed by atoms with Crippen molar-refractivity contribution in [2.45, 2.75) is 59.0 Å². The molecule has 0 aliphatic heterocycles. The summed E-state index contributed by atoms with van der Waals surface area (Å²) in [5.74, 6) is 1.37. The van der Waals surface area contributed by atoms with Gasteiger partial charge in [-0.25, -0.2) is 9.97 Å². The van der Waals surface area contributed by atoms with Crippen LogP contribution < -0.4 is 5.32 Å². The van der Waals surface area contributed by atoms with Gasteiger partial charge in [0.15, 0.2) is 5.82 Å². The molecular weight excluding hydrogens is 406 g/mol. The number of unbranched alkanes of at least 4 members (excludes halogenated alkanes) is 2. The van der Waals surface area contributed by atoms with Gasteiger partial charge in [-0.1, -0.05) is 6.42 Å². The van der Waals surface area contributed by atoms with Crippen molar-refractivity contribution >= 4 is 28.5 Å². The Kier molecular flexibility index (Phi) is 6.07. The summed E-state index contributed by atoms with van der Waals surface area (Å²) in [6.07, 6.45) is 8.50. The third-order valence-corrected chi connectivity index (χ3v) is 5.04. The number of hydrogen-bond donors (Lipinski definition) is 1. The van der Waals surface area contributed by atoms with Gasteiger partial charge in [-0.2, -0.15) is 0 Å². The number of nitrogens with zero attached hydrogens (tertiary/aromatic N) is 6. The zero-order chi connectivity index (χ0) is 22.7. The third-order valence-electron chi connectivity index (χ3n) is 5.04. The predicted octanol–water partition coefficient (Wildman–Crippen LogP) is 4.09. The van der Waals surface area contributed by atoms with Gasteiger partial charge in [0.25, 0.3) is 0 Å². The van der Waals surface area contributed by atoms with E-state index in [2.05, 4.69) is 20.5 Å². The maximum absolute atomic E-state index is 11.8. The number of anilines is 1. The first-order chi connectivity index (χ1) is 15.3. The first kappa shape index (κ1) is 21.7. The second-order valence-corrected chi connectivity index (χ2v) is 8.83. The van der Waals surface area contributed by atoms with Crippen LogP contribution in [0.3, 0.4) is 0 Å². The van der Waals surface area contributed by atoms with Gasteiger partial charge < -0.3 is 14.6 Å². The van der Waals surface area contributed by atoms with Gasteiger partial charge in [0.2, 0.25) is 5.65 Å². The molecule has 0 amide bonds. The molecule has 9 nitrogen and oxygen atoms in total. The number of imidazole rings is 1. The molecule has 0 spiro atoms. The number of rotatable bonds is 8. The Hall–Kier alpha value is -3.49. The Balaban J connectivity index is 1.44. The minimum atomic E-state index is -0.431. The molecular formula is C23H29N7O2. The molecule has 168 valence electrons. The summed E-state index contributed by atoms with van der Waals surface area (Å²) in [6, 6.07) is 6.09. The summed E-state index contributed by atoms with van der Waals surface area (Å²) in [5, 5.41) is 12.0. The molecule has 0 saturated heterocycles. The molecule has 9 heteroatoms. The van der Waals surface area contributed by atoms with E-state index in [0.29, 0.717) is 17.9 Å². The van der Waals surface area contributed by atoms with Crippen molar-refractivity contribution in [3.63, 3.8) is 0 Å². The summed E-state index contributed by atoms with van der Waals surface area (Å²) < 4.78 is 9.32. The topological polar surface area (TPSA) is 99.2 Å². The fraction of sp³-hybridized carbons (Fsp3) is 0.435. The van der Waals surface area contributed by atoms with Crippen LogP contribution in [0.5, 0.6) is 0 Å². The number of ether oxygens (including phenoxy) is 1. The van der Waals surface area contributed by atoms with E-state index in [1.807, 2.05) is 61.1 Å². The van der Waals surface area contributed by atoms with E-state index in [4.69, 9.17) is 9.72 Å². The highest BCUT2D eigenvalue weighted by Crippen LogP contribution is 2.24. The molecule has 0 aliphatic rings. The van der Waals surface area contributed by atoms with E-state index in [9.17, 15) is 4.79 Å². The van der Waals surface area contributed by atoms with Crippen molar-refractivity contribution in [1.29, 1.82) is 0 Å². The van der Waals surface area contributed by atoms with Gasteiger partial charge in [-0.3, -0.25) is 9.20 Å². The van der Waals surface area contributed by atoms with Crippen molar-refractivity contribution in [3.05, 3.63) is 42.7 Å². The smallest absolute Gasteiger partial charge is 0.306 e. The molecule has 0 saturated carbocycles. The van der Waals surface area contributed by atoms with Crippen molar-refractivity contribution < 1.29 is 9.53 Å². The molecule has 4 aromatic rings. The summed E-state index contributed by atoms with van der Waals surface area (Å²) in [5.41, 5.74) is 3.06. The van der Waals surface area contributed by atoms with Crippen molar-refractivity contribution in [2.75, 3.05) is 11.9 Å². The summed E-state index contributed by atoms with van der Waals surface area (Å²) in [4.78, 5) is 20.8. The van der Waals surface area contributed by atoms with Crippen LogP contribution in [-0.4, -0.2) is 47.2 Å². The molecule has 3 heterocycles. The number of aryl methyl sites for hydroxylation is 1. The minimum absolute atomic E-state index is 0.143. The Morgan fingerprint density at radius 3 is 2.75 bits per heavy atom. The molecule has 0 bridgehead atoms. The highest BCUT2D eigenvalue weighted by molar-refractivity contribution is 5.84. The SMILES string of the molecule is Cc1nnc2c(NCCCCCC(=O)OC(C)(C)C)nc3cc(-n4ccnc4)ccc3n12. The van der Waals surface area contributed by atoms with Crippen molar-refractivity contribution in [2.24, 2.45) is 0 Å². The van der Waals surface area contributed by atoms with Crippen LogP contribution in [0.2, 0.25) is 0 Å². The third kappa shape index (κ3) is 4.87. The van der Waals surface area contributed by atoms with Crippen LogP contribution >= 0.6 is 0 Å². The highest BCUT2D eigenvalue weighted by atomic mass is 16.6. The molecule has 1 aromatic carbocycles. The zero-order valence-electron chi connectivity index (χ0n) is 19.0. The number of fused-ring (bicyclic) bond motifs is 3. The van der Waals surface area contributed by atoms with Crippen LogP contribution in [0.15, 0.2) is 36.9 Å². The molecule has 0 fully saturated rings. The number of esters is 1. The largest absolute Gasteiger partial charge is 0.460 e. The molecule has 1 N–H and O–H groups in total. The van der Waals surface area contributed by atoms with Gasteiger partial charge in [0.05, 0.1) is 17.4 Å². The lowest BCUT2D eigenvalue weighted by Gasteiger charge is -2.19. The quantitative estimate of drug-likeness (QED) is 0.329. The number of carbonyl (C=O) groups is 1. The number of hydrogen-bond acceptors (Lipinski definition) is 7. The first-order valence-corrected chi connectivity index (χ1v) is 10.9. The highest BCUT2D eigenvalue weighted by Gasteiger charge is 2.16. The van der Waals surface area contributed by atoms with E-state index in [-0.39, 0.29) is 5.97 Å². The van der Waals surface area contributed by atoms with Crippen molar-refractivity contribution in [1.82, 2.24) is 29.1 Å². The second-order valence-electron chi connectivity index (χ2n) is 8.83. The first-order valence-electron chi connectivity index (χ1n) is 10.9. The normalized spacial score (nSPS) is 11.9. The Labute approximate surface area is 186 Å². The molecule has 0 radical (unpaired) electrons. The maximum Gasteiger partial charge on any atom is 0.306 e. The average molecular weight is 436 g/mol. The molecule has 4 rings (SSSR count). The predicted molar refractivity (Wildman–Crippen MR) is 123 cm³/mol. The summed E-state index contributed by atoms with van der Waals surface area (Å²) in [6.45, 7) is 8.32. The zero-order valence-corrected chi connectivity index (χ0v) is 19.0. The van der Waals surface area contributed by atoms with Gasteiger partial charge >= 0.3 is 5.97 Å². The molecule has 0 aliphatic carbocycles. The van der Waals surface area contributed by atoms with Crippen LogP contribution in [0.4, 0.5) is 5.82 Å². The van der Waals surface area contributed by atoms with Gasteiger partial charge in [0, 0.05) is 31.0 Å². The van der Waals surface area contributed by atoms with Crippen molar-refractivity contribution in [3.8, 4) is 5.69 Å². The van der Waals surface area contributed by atoms with E-state index < -0.39 is 5.60 Å². The number of nitrogens with one attached hydrogen (secondary N) is 1. The van der Waals surface area contributed by atoms with E-state index in [1.54, 1.807) is 12.5 Å². The van der Waals surface area contributed by atoms with Gasteiger partial charge in [-0.15, -0.1) is 10.2 Å². The number of benzene rings is 1. The second kappa shape index (κ2) is 8.94. The molecule has 32 heavy (non-hydrogen) atoms. The Morgan fingerprint density at radius 1 is 1.16 bits per heavy atom. The standard InChI is InChI=1S/C23H29N7O2/c1-16-27-28-22-21(25-11-7-5-6-8-20(31)32-23(2,3)4)26-18-14-17(29-13-12-24-15-29)9-10-19(18)30(16)22/h9-10,12-15H,5-8,11H2,1-4H3,(H,25,26). The monoisotopic (exact) mass is 435 g/mol. The lowest BCUT2D eigenvalue weighted by Crippen LogP contribution is -2.23. The van der Waals surface area contributed by atoms with Crippen LogP contribution in [-0.2, 0) is 9.53 Å². The Morgan fingerprint density at radius 2 is 2.00 bits per heavy atom. The van der Waals surface area contributed by atoms with Gasteiger partial charge in [0.1, 0.15) is 11.4 Å². The van der Waals surface area contributed by atoms with Crippen LogP contribution in [0.1, 0.15) is 52.3 Å². The van der Waals surface area contributed by atoms with E-state index in [1.165, 1.54) is 0 Å². The fourth-order valence-electron chi connectivity index (χ4n) is 3.63. The lowest BCUT2D eigenvalue weighted by molar-refractivity contribution is -0.154. The summed E-state index contributed by atoms with van der Waals surface area (Å²) >= 11 is 0. The van der Waals surface area contributed by atoms with E-state index >= 15 is 0 Å². The molecule has 3 aromatic heterocycles. The molecule has 0 unspecified atom stereocenters. The van der Waals surface area contributed by atoms with E-state index in [0.717, 1.165) is 48.4 Å². The average Bonchev–Trinajstić information content (AvgIpc) is 3.39. The van der Waals surface area contributed by atoms with Crippen LogP contribution in [0, 0.1) is 6.92 Å².